The lowest BCUT2D eigenvalue weighted by molar-refractivity contribution is 0.534. The van der Waals surface area contributed by atoms with E-state index in [4.69, 9.17) is 4.42 Å². The minimum absolute atomic E-state index is 0.594. The molecule has 4 heterocycles. The zero-order chi connectivity index (χ0) is 15.1. The van der Waals surface area contributed by atoms with Crippen LogP contribution in [0.4, 0.5) is 0 Å². The average molecular weight is 314 g/mol. The quantitative estimate of drug-likeness (QED) is 0.559. The molecule has 0 aliphatic rings. The molecule has 0 spiro atoms. The number of nitrogens with zero attached hydrogens (tertiary/aromatic N) is 8. The predicted molar refractivity (Wildman–Crippen MR) is 76.1 cm³/mol. The van der Waals surface area contributed by atoms with Gasteiger partial charge in [-0.1, -0.05) is 0 Å². The lowest BCUT2D eigenvalue weighted by Gasteiger charge is -2.02. The standard InChI is InChI=1S/C12H10N8OS/c1-7-8(5-6-21-7)11-14-15-12(19(11)2)22-10-4-3-9-13-17-18-20(9)16-10/h3-6H,1-2H3. The van der Waals surface area contributed by atoms with Crippen molar-refractivity contribution < 1.29 is 4.42 Å². The predicted octanol–water partition coefficient (Wildman–Crippen LogP) is 1.37. The van der Waals surface area contributed by atoms with Gasteiger partial charge in [0.15, 0.2) is 16.6 Å². The second-order valence-corrected chi connectivity index (χ2v) is 5.54. The highest BCUT2D eigenvalue weighted by molar-refractivity contribution is 7.99. The first-order valence-electron chi connectivity index (χ1n) is 6.39. The summed E-state index contributed by atoms with van der Waals surface area (Å²) in [4.78, 5) is 0. The minimum atomic E-state index is 0.594. The molecular weight excluding hydrogens is 304 g/mol. The van der Waals surface area contributed by atoms with E-state index >= 15 is 0 Å². The summed E-state index contributed by atoms with van der Waals surface area (Å²) in [6.07, 6.45) is 1.64. The van der Waals surface area contributed by atoms with Gasteiger partial charge in [-0.05, 0) is 47.3 Å². The largest absolute Gasteiger partial charge is 0.469 e. The van der Waals surface area contributed by atoms with Crippen LogP contribution in [0, 0.1) is 6.92 Å². The molecule has 0 fully saturated rings. The van der Waals surface area contributed by atoms with Crippen LogP contribution < -0.4 is 0 Å². The van der Waals surface area contributed by atoms with Gasteiger partial charge in [0.1, 0.15) is 10.8 Å². The molecule has 0 bridgehead atoms. The van der Waals surface area contributed by atoms with Crippen LogP contribution in [0.2, 0.25) is 0 Å². The van der Waals surface area contributed by atoms with E-state index in [2.05, 4.69) is 30.8 Å². The number of furan rings is 1. The zero-order valence-electron chi connectivity index (χ0n) is 11.7. The number of rotatable bonds is 3. The third-order valence-electron chi connectivity index (χ3n) is 3.18. The minimum Gasteiger partial charge on any atom is -0.469 e. The summed E-state index contributed by atoms with van der Waals surface area (Å²) < 4.78 is 8.59. The maximum atomic E-state index is 5.32. The topological polar surface area (TPSA) is 99.8 Å². The smallest absolute Gasteiger partial charge is 0.200 e. The fourth-order valence-corrected chi connectivity index (χ4v) is 2.78. The van der Waals surface area contributed by atoms with Crippen molar-refractivity contribution in [3.63, 3.8) is 0 Å². The number of hydrogen-bond acceptors (Lipinski definition) is 8. The van der Waals surface area contributed by atoms with E-state index in [1.165, 1.54) is 16.4 Å². The summed E-state index contributed by atoms with van der Waals surface area (Å²) in [5, 5.41) is 25.3. The zero-order valence-corrected chi connectivity index (χ0v) is 12.5. The summed E-state index contributed by atoms with van der Waals surface area (Å²) in [5.74, 6) is 1.55. The molecule has 0 N–H and O–H groups in total. The van der Waals surface area contributed by atoms with E-state index in [0.29, 0.717) is 5.65 Å². The third-order valence-corrected chi connectivity index (χ3v) is 4.14. The van der Waals surface area contributed by atoms with E-state index in [1.807, 2.05) is 30.7 Å². The van der Waals surface area contributed by atoms with Gasteiger partial charge in [0.2, 0.25) is 0 Å². The van der Waals surface area contributed by atoms with Gasteiger partial charge in [0.25, 0.3) is 0 Å². The fraction of sp³-hybridized carbons (Fsp3) is 0.167. The lowest BCUT2D eigenvalue weighted by Crippen LogP contribution is -1.98. The molecule has 9 nitrogen and oxygen atoms in total. The van der Waals surface area contributed by atoms with Gasteiger partial charge in [0, 0.05) is 7.05 Å². The van der Waals surface area contributed by atoms with Crippen LogP contribution in [-0.2, 0) is 7.05 Å². The van der Waals surface area contributed by atoms with Crippen molar-refractivity contribution in [3.05, 3.63) is 30.2 Å². The Bertz CT molecular complexity index is 955. The molecule has 0 unspecified atom stereocenters. The van der Waals surface area contributed by atoms with Crippen LogP contribution in [0.1, 0.15) is 5.76 Å². The first-order chi connectivity index (χ1) is 10.7. The maximum Gasteiger partial charge on any atom is 0.200 e. The second kappa shape index (κ2) is 4.91. The highest BCUT2D eigenvalue weighted by Crippen LogP contribution is 2.28. The highest BCUT2D eigenvalue weighted by atomic mass is 32.2. The summed E-state index contributed by atoms with van der Waals surface area (Å²) in [6.45, 7) is 1.89. The summed E-state index contributed by atoms with van der Waals surface area (Å²) in [7, 11) is 1.90. The van der Waals surface area contributed by atoms with Crippen LogP contribution in [-0.4, -0.2) is 40.0 Å². The Morgan fingerprint density at radius 2 is 2.05 bits per heavy atom. The monoisotopic (exact) mass is 314 g/mol. The molecule has 10 heteroatoms. The van der Waals surface area contributed by atoms with Crippen molar-refractivity contribution >= 4 is 17.4 Å². The van der Waals surface area contributed by atoms with Crippen molar-refractivity contribution in [2.45, 2.75) is 17.1 Å². The maximum absolute atomic E-state index is 5.32. The first kappa shape index (κ1) is 13.0. The molecule has 0 atom stereocenters. The lowest BCUT2D eigenvalue weighted by atomic mass is 10.2. The third kappa shape index (κ3) is 2.04. The Morgan fingerprint density at radius 1 is 1.14 bits per heavy atom. The summed E-state index contributed by atoms with van der Waals surface area (Å²) >= 11 is 1.39. The van der Waals surface area contributed by atoms with Gasteiger partial charge in [-0.15, -0.1) is 25.0 Å². The van der Waals surface area contributed by atoms with E-state index in [1.54, 1.807) is 12.3 Å². The van der Waals surface area contributed by atoms with Crippen LogP contribution in [0.5, 0.6) is 0 Å². The van der Waals surface area contributed by atoms with Gasteiger partial charge >= 0.3 is 0 Å². The number of hydrogen-bond donors (Lipinski definition) is 0. The van der Waals surface area contributed by atoms with Gasteiger partial charge in [0.05, 0.1) is 11.8 Å². The molecule has 110 valence electrons. The van der Waals surface area contributed by atoms with E-state index in [-0.39, 0.29) is 0 Å². The fourth-order valence-electron chi connectivity index (χ4n) is 2.04. The second-order valence-electron chi connectivity index (χ2n) is 4.56. The molecule has 0 radical (unpaired) electrons. The molecule has 22 heavy (non-hydrogen) atoms. The van der Waals surface area contributed by atoms with Crippen molar-refractivity contribution in [1.29, 1.82) is 0 Å². The Balaban J connectivity index is 1.69. The Labute approximate surface area is 128 Å². The number of aryl methyl sites for hydroxylation is 1. The first-order valence-corrected chi connectivity index (χ1v) is 7.21. The molecule has 0 saturated carbocycles. The summed E-state index contributed by atoms with van der Waals surface area (Å²) in [5.41, 5.74) is 1.52. The van der Waals surface area contributed by atoms with Crippen LogP contribution in [0.3, 0.4) is 0 Å². The number of fused-ring (bicyclic) bond motifs is 1. The van der Waals surface area contributed by atoms with E-state index in [0.717, 1.165) is 27.3 Å². The van der Waals surface area contributed by atoms with Crippen molar-refractivity contribution in [3.8, 4) is 11.4 Å². The average Bonchev–Trinajstić information content (AvgIpc) is 3.21. The molecule has 4 aromatic rings. The molecule has 4 aromatic heterocycles. The van der Waals surface area contributed by atoms with E-state index in [9.17, 15) is 0 Å². The Hall–Kier alpha value is -2.75. The van der Waals surface area contributed by atoms with Gasteiger partial charge in [-0.25, -0.2) is 0 Å². The van der Waals surface area contributed by atoms with Gasteiger partial charge in [-0.2, -0.15) is 0 Å². The van der Waals surface area contributed by atoms with Crippen LogP contribution in [0.15, 0.2) is 39.1 Å². The SMILES string of the molecule is Cc1occc1-c1nnc(Sc2ccc3nnnn3n2)n1C. The Kier molecular flexibility index (Phi) is 2.89. The Morgan fingerprint density at radius 3 is 2.86 bits per heavy atom. The van der Waals surface area contributed by atoms with Crippen molar-refractivity contribution in [2.75, 3.05) is 0 Å². The normalized spacial score (nSPS) is 11.4. The molecule has 0 aromatic carbocycles. The van der Waals surface area contributed by atoms with Crippen LogP contribution >= 0.6 is 11.8 Å². The highest BCUT2D eigenvalue weighted by Gasteiger charge is 2.16. The van der Waals surface area contributed by atoms with Gasteiger partial charge < -0.3 is 8.98 Å². The number of tetrazole rings is 1. The molecule has 4 rings (SSSR count). The van der Waals surface area contributed by atoms with Gasteiger partial charge in [-0.3, -0.25) is 0 Å². The van der Waals surface area contributed by atoms with Crippen molar-refractivity contribution in [1.82, 2.24) is 40.0 Å². The molecule has 0 aliphatic heterocycles. The molecular formula is C12H10N8OS. The van der Waals surface area contributed by atoms with Crippen LogP contribution in [0.25, 0.3) is 17.0 Å². The summed E-state index contributed by atoms with van der Waals surface area (Å²) in [6, 6.07) is 5.51. The number of aromatic nitrogens is 8. The molecule has 0 saturated heterocycles. The molecule has 0 aliphatic carbocycles. The molecule has 0 amide bonds. The van der Waals surface area contributed by atoms with Crippen molar-refractivity contribution in [2.24, 2.45) is 7.05 Å². The van der Waals surface area contributed by atoms with E-state index < -0.39 is 0 Å².